The molecule has 14 heavy (non-hydrogen) atoms. The van der Waals surface area contributed by atoms with Gasteiger partial charge in [0.1, 0.15) is 5.78 Å². The van der Waals surface area contributed by atoms with Crippen LogP contribution < -0.4 is 0 Å². The zero-order valence-electron chi connectivity index (χ0n) is 9.12. The quantitative estimate of drug-likeness (QED) is 0.704. The Balaban J connectivity index is 2.43. The van der Waals surface area contributed by atoms with Gasteiger partial charge >= 0.3 is 0 Å². The second-order valence-corrected chi connectivity index (χ2v) is 4.60. The van der Waals surface area contributed by atoms with Gasteiger partial charge in [0.05, 0.1) is 5.76 Å². The van der Waals surface area contributed by atoms with E-state index in [-0.39, 0.29) is 17.8 Å². The lowest BCUT2D eigenvalue weighted by atomic mass is 9.77. The highest BCUT2D eigenvalue weighted by molar-refractivity contribution is 5.82. The van der Waals surface area contributed by atoms with Crippen LogP contribution in [0, 0.1) is 17.8 Å². The molecule has 0 bridgehead atoms. The Labute approximate surface area is 86.0 Å². The molecule has 1 fully saturated rings. The lowest BCUT2D eigenvalue weighted by Gasteiger charge is -2.27. The molecule has 0 aromatic heterocycles. The molecule has 1 aliphatic carbocycles. The monoisotopic (exact) mass is 196 g/mol. The molecule has 0 aliphatic heterocycles. The van der Waals surface area contributed by atoms with Gasteiger partial charge in [0.25, 0.3) is 0 Å². The highest BCUT2D eigenvalue weighted by Gasteiger charge is 2.28. The van der Waals surface area contributed by atoms with Crippen molar-refractivity contribution in [1.29, 1.82) is 0 Å². The van der Waals surface area contributed by atoms with Crippen molar-refractivity contribution in [2.24, 2.45) is 17.8 Å². The number of allylic oxidation sites excluding steroid dienone is 1. The van der Waals surface area contributed by atoms with Crippen LogP contribution in [0.4, 0.5) is 0 Å². The van der Waals surface area contributed by atoms with E-state index >= 15 is 0 Å². The van der Waals surface area contributed by atoms with Crippen molar-refractivity contribution < 1.29 is 9.90 Å². The molecule has 2 heteroatoms. The minimum Gasteiger partial charge on any atom is -0.513 e. The van der Waals surface area contributed by atoms with E-state index in [4.69, 9.17) is 0 Å². The third-order valence-electron chi connectivity index (χ3n) is 3.17. The Kier molecular flexibility index (Phi) is 3.73. The third-order valence-corrected chi connectivity index (χ3v) is 3.17. The Morgan fingerprint density at radius 1 is 1.21 bits per heavy atom. The Hall–Kier alpha value is -0.790. The van der Waals surface area contributed by atoms with Crippen LogP contribution in [-0.2, 0) is 4.79 Å². The zero-order valence-corrected chi connectivity index (χ0v) is 9.12. The Bertz CT molecular complexity index is 222. The van der Waals surface area contributed by atoms with Gasteiger partial charge in [0.2, 0.25) is 0 Å². The second kappa shape index (κ2) is 4.63. The van der Waals surface area contributed by atoms with Crippen LogP contribution in [0.1, 0.15) is 39.5 Å². The molecule has 0 amide bonds. The van der Waals surface area contributed by atoms with Gasteiger partial charge in [-0.25, -0.2) is 0 Å². The van der Waals surface area contributed by atoms with Gasteiger partial charge in [-0.15, -0.1) is 0 Å². The number of carbonyl (C=O) groups excluding carboxylic acids is 1. The number of aliphatic hydroxyl groups is 1. The van der Waals surface area contributed by atoms with Crippen molar-refractivity contribution in [2.75, 3.05) is 0 Å². The minimum atomic E-state index is 0.147. The fourth-order valence-electron chi connectivity index (χ4n) is 2.18. The van der Waals surface area contributed by atoms with E-state index < -0.39 is 0 Å². The van der Waals surface area contributed by atoms with Gasteiger partial charge in [-0.2, -0.15) is 0 Å². The average molecular weight is 196 g/mol. The van der Waals surface area contributed by atoms with Gasteiger partial charge < -0.3 is 5.11 Å². The summed E-state index contributed by atoms with van der Waals surface area (Å²) in [6.45, 7) is 7.47. The predicted octanol–water partition coefficient (Wildman–Crippen LogP) is 3.09. The molecule has 0 aromatic carbocycles. The standard InChI is InChI=1S/C12H20O2/c1-8(2)12(14)11-6-4-10(5-7-11)9(3)13/h8,10-11,13H,3-7H2,1-2H3. The molecule has 1 rings (SSSR count). The molecule has 0 aromatic rings. The van der Waals surface area contributed by atoms with E-state index in [2.05, 4.69) is 6.58 Å². The van der Waals surface area contributed by atoms with E-state index in [1.807, 2.05) is 13.8 Å². The predicted molar refractivity (Wildman–Crippen MR) is 57.1 cm³/mol. The molecule has 0 spiro atoms. The van der Waals surface area contributed by atoms with E-state index in [9.17, 15) is 9.90 Å². The maximum Gasteiger partial charge on any atom is 0.138 e. The third kappa shape index (κ3) is 2.60. The number of carbonyl (C=O) groups is 1. The van der Waals surface area contributed by atoms with Crippen molar-refractivity contribution >= 4 is 5.78 Å². The summed E-state index contributed by atoms with van der Waals surface area (Å²) in [5.74, 6) is 1.28. The van der Waals surface area contributed by atoms with Crippen LogP contribution in [-0.4, -0.2) is 10.9 Å². The SMILES string of the molecule is C=C(O)C1CCC(C(=O)C(C)C)CC1. The molecule has 0 saturated heterocycles. The first kappa shape index (κ1) is 11.3. The largest absolute Gasteiger partial charge is 0.513 e. The molecule has 0 unspecified atom stereocenters. The van der Waals surface area contributed by atoms with Crippen LogP contribution in [0.3, 0.4) is 0 Å². The van der Waals surface area contributed by atoms with Crippen LogP contribution in [0.15, 0.2) is 12.3 Å². The van der Waals surface area contributed by atoms with Gasteiger partial charge in [-0.3, -0.25) is 4.79 Å². The van der Waals surface area contributed by atoms with E-state index in [0.29, 0.717) is 11.5 Å². The number of Topliss-reactive ketones (excluding diaryl/α,β-unsaturated/α-hetero) is 1. The summed E-state index contributed by atoms with van der Waals surface area (Å²) in [4.78, 5) is 11.7. The molecular weight excluding hydrogens is 176 g/mol. The lowest BCUT2D eigenvalue weighted by Crippen LogP contribution is -2.25. The fourth-order valence-corrected chi connectivity index (χ4v) is 2.18. The number of rotatable bonds is 3. The van der Waals surface area contributed by atoms with Crippen molar-refractivity contribution in [3.05, 3.63) is 12.3 Å². The van der Waals surface area contributed by atoms with E-state index in [1.165, 1.54) is 0 Å². The summed E-state index contributed by atoms with van der Waals surface area (Å²) in [5.41, 5.74) is 0. The molecule has 0 heterocycles. The first-order chi connectivity index (χ1) is 6.52. The number of ketones is 1. The minimum absolute atomic E-state index is 0.147. The van der Waals surface area contributed by atoms with Crippen molar-refractivity contribution in [1.82, 2.24) is 0 Å². The Morgan fingerprint density at radius 3 is 2.00 bits per heavy atom. The molecule has 1 N–H and O–H groups in total. The highest BCUT2D eigenvalue weighted by Crippen LogP contribution is 2.33. The normalized spacial score (nSPS) is 27.6. The van der Waals surface area contributed by atoms with Crippen LogP contribution >= 0.6 is 0 Å². The second-order valence-electron chi connectivity index (χ2n) is 4.60. The first-order valence-electron chi connectivity index (χ1n) is 5.44. The zero-order chi connectivity index (χ0) is 10.7. The molecule has 2 nitrogen and oxygen atoms in total. The van der Waals surface area contributed by atoms with Gasteiger partial charge in [-0.05, 0) is 25.7 Å². The smallest absolute Gasteiger partial charge is 0.138 e. The Morgan fingerprint density at radius 2 is 1.64 bits per heavy atom. The summed E-state index contributed by atoms with van der Waals surface area (Å²) in [5, 5.41) is 9.23. The van der Waals surface area contributed by atoms with E-state index in [1.54, 1.807) is 0 Å². The van der Waals surface area contributed by atoms with Gasteiger partial charge in [0, 0.05) is 17.8 Å². The van der Waals surface area contributed by atoms with Crippen molar-refractivity contribution in [2.45, 2.75) is 39.5 Å². The summed E-state index contributed by atoms with van der Waals surface area (Å²) < 4.78 is 0. The highest BCUT2D eigenvalue weighted by atomic mass is 16.3. The molecular formula is C12H20O2. The topological polar surface area (TPSA) is 37.3 Å². The maximum absolute atomic E-state index is 11.7. The summed E-state index contributed by atoms with van der Waals surface area (Å²) >= 11 is 0. The molecule has 0 radical (unpaired) electrons. The maximum atomic E-state index is 11.7. The van der Waals surface area contributed by atoms with E-state index in [0.717, 1.165) is 25.7 Å². The van der Waals surface area contributed by atoms with Crippen molar-refractivity contribution in [3.8, 4) is 0 Å². The number of hydrogen-bond acceptors (Lipinski definition) is 2. The molecule has 1 aliphatic rings. The molecule has 1 saturated carbocycles. The van der Waals surface area contributed by atoms with Crippen LogP contribution in [0.2, 0.25) is 0 Å². The number of aliphatic hydroxyl groups excluding tert-OH is 1. The van der Waals surface area contributed by atoms with Crippen molar-refractivity contribution in [3.63, 3.8) is 0 Å². The lowest BCUT2D eigenvalue weighted by molar-refractivity contribution is -0.127. The molecule has 0 atom stereocenters. The van der Waals surface area contributed by atoms with Crippen LogP contribution in [0.5, 0.6) is 0 Å². The van der Waals surface area contributed by atoms with Crippen LogP contribution in [0.25, 0.3) is 0 Å². The summed E-state index contributed by atoms with van der Waals surface area (Å²) in [6, 6.07) is 0. The average Bonchev–Trinajstić information content (AvgIpc) is 2.16. The summed E-state index contributed by atoms with van der Waals surface area (Å²) in [7, 11) is 0. The van der Waals surface area contributed by atoms with Gasteiger partial charge in [0.15, 0.2) is 0 Å². The fraction of sp³-hybridized carbons (Fsp3) is 0.750. The first-order valence-corrected chi connectivity index (χ1v) is 5.44. The number of hydrogen-bond donors (Lipinski definition) is 1. The summed E-state index contributed by atoms with van der Waals surface area (Å²) in [6.07, 6.45) is 3.67. The van der Waals surface area contributed by atoms with Gasteiger partial charge in [-0.1, -0.05) is 20.4 Å². The molecule has 80 valence electrons.